The fraction of sp³-hybridized carbons (Fsp3) is 0.368. The monoisotopic (exact) mass is 329 g/mol. The molecule has 2 aromatic rings. The van der Waals surface area contributed by atoms with E-state index in [-0.39, 0.29) is 18.6 Å². The lowest BCUT2D eigenvalue weighted by molar-refractivity contribution is 0.164. The second-order valence-electron chi connectivity index (χ2n) is 6.24. The molecule has 23 heavy (non-hydrogen) atoms. The summed E-state index contributed by atoms with van der Waals surface area (Å²) in [7, 11) is -2.90. The summed E-state index contributed by atoms with van der Waals surface area (Å²) in [6, 6.07) is 19.4. The van der Waals surface area contributed by atoms with Crippen molar-refractivity contribution in [3.63, 3.8) is 0 Å². The van der Waals surface area contributed by atoms with Gasteiger partial charge in [-0.1, -0.05) is 49.2 Å². The van der Waals surface area contributed by atoms with Gasteiger partial charge in [0.05, 0.1) is 0 Å². The molecule has 4 heteroatoms. The lowest BCUT2D eigenvalue weighted by Crippen LogP contribution is -2.42. The van der Waals surface area contributed by atoms with Crippen LogP contribution in [0.5, 0.6) is 0 Å². The molecule has 122 valence electrons. The van der Waals surface area contributed by atoms with Gasteiger partial charge in [0.1, 0.15) is 0 Å². The van der Waals surface area contributed by atoms with Gasteiger partial charge in [-0.3, -0.25) is 9.65 Å². The standard InChI is InChI=1S/C19H24NO2P/c21-15-16-9-7-8-14-19(16)20-23(22,17-10-3-1-4-11-17)18-12-5-2-6-13-18/h1-6,10-13,16,19,21H,7-9,14-15H2,(H,20,22)/t16-,19+/m1/s1. The third-order valence-electron chi connectivity index (χ3n) is 4.73. The molecule has 0 saturated heterocycles. The summed E-state index contributed by atoms with van der Waals surface area (Å²) in [5.74, 6) is 0.185. The quantitative estimate of drug-likeness (QED) is 0.829. The summed E-state index contributed by atoms with van der Waals surface area (Å²) in [5.41, 5.74) is 0. The van der Waals surface area contributed by atoms with Crippen molar-refractivity contribution in [1.82, 2.24) is 5.09 Å². The Morgan fingerprint density at radius 2 is 1.43 bits per heavy atom. The van der Waals surface area contributed by atoms with E-state index in [1.54, 1.807) is 0 Å². The van der Waals surface area contributed by atoms with Gasteiger partial charge in [0.15, 0.2) is 0 Å². The van der Waals surface area contributed by atoms with Crippen LogP contribution in [-0.2, 0) is 4.57 Å². The molecule has 0 spiro atoms. The maximum atomic E-state index is 14.0. The van der Waals surface area contributed by atoms with Gasteiger partial charge < -0.3 is 5.11 Å². The first kappa shape index (κ1) is 16.4. The molecular formula is C19H24NO2P. The number of hydrogen-bond acceptors (Lipinski definition) is 2. The first-order chi connectivity index (χ1) is 11.2. The molecule has 2 N–H and O–H groups in total. The van der Waals surface area contributed by atoms with Crippen LogP contribution in [0.4, 0.5) is 0 Å². The molecule has 0 amide bonds. The lowest BCUT2D eigenvalue weighted by Gasteiger charge is -2.34. The van der Waals surface area contributed by atoms with E-state index in [2.05, 4.69) is 5.09 Å². The van der Waals surface area contributed by atoms with Crippen LogP contribution in [0, 0.1) is 5.92 Å². The molecule has 2 atom stereocenters. The Kier molecular flexibility index (Phi) is 5.32. The molecule has 0 unspecified atom stereocenters. The molecule has 1 aliphatic rings. The molecule has 0 aliphatic heterocycles. The van der Waals surface area contributed by atoms with Gasteiger partial charge in [0, 0.05) is 23.3 Å². The third kappa shape index (κ3) is 3.58. The lowest BCUT2D eigenvalue weighted by atomic mass is 9.86. The van der Waals surface area contributed by atoms with Crippen molar-refractivity contribution in [2.24, 2.45) is 5.92 Å². The van der Waals surface area contributed by atoms with E-state index in [0.717, 1.165) is 36.3 Å². The predicted octanol–water partition coefficient (Wildman–Crippen LogP) is 3.06. The molecule has 2 aromatic carbocycles. The van der Waals surface area contributed by atoms with Gasteiger partial charge in [-0.25, -0.2) is 0 Å². The first-order valence-electron chi connectivity index (χ1n) is 8.34. The highest BCUT2D eigenvalue weighted by molar-refractivity contribution is 7.76. The zero-order valence-electron chi connectivity index (χ0n) is 13.3. The maximum Gasteiger partial charge on any atom is 0.204 e. The van der Waals surface area contributed by atoms with Gasteiger partial charge in [-0.05, 0) is 43.0 Å². The summed E-state index contributed by atoms with van der Waals surface area (Å²) < 4.78 is 14.0. The predicted molar refractivity (Wildman–Crippen MR) is 95.7 cm³/mol. The van der Waals surface area contributed by atoms with E-state index in [1.807, 2.05) is 60.7 Å². The highest BCUT2D eigenvalue weighted by atomic mass is 31.2. The van der Waals surface area contributed by atoms with Crippen LogP contribution in [0.2, 0.25) is 0 Å². The smallest absolute Gasteiger partial charge is 0.204 e. The minimum Gasteiger partial charge on any atom is -0.396 e. The Hall–Kier alpha value is -1.41. The van der Waals surface area contributed by atoms with E-state index in [4.69, 9.17) is 0 Å². The fourth-order valence-corrected chi connectivity index (χ4v) is 5.99. The summed E-state index contributed by atoms with van der Waals surface area (Å²) in [6.45, 7) is 0.154. The summed E-state index contributed by atoms with van der Waals surface area (Å²) >= 11 is 0. The molecule has 1 fully saturated rings. The molecule has 0 bridgehead atoms. The highest BCUT2D eigenvalue weighted by Crippen LogP contribution is 2.41. The molecule has 3 nitrogen and oxygen atoms in total. The van der Waals surface area contributed by atoms with Crippen LogP contribution in [0.3, 0.4) is 0 Å². The summed E-state index contributed by atoms with van der Waals surface area (Å²) in [5, 5.41) is 14.8. The number of aliphatic hydroxyl groups is 1. The number of aliphatic hydroxyl groups excluding tert-OH is 1. The Labute approximate surface area is 138 Å². The normalized spacial score (nSPS) is 22.0. The van der Waals surface area contributed by atoms with Gasteiger partial charge in [0.2, 0.25) is 7.29 Å². The first-order valence-corrected chi connectivity index (χ1v) is 10.0. The Bertz CT molecular complexity index is 616. The fourth-order valence-electron chi connectivity index (χ4n) is 3.40. The van der Waals surface area contributed by atoms with Crippen LogP contribution < -0.4 is 15.7 Å². The molecule has 0 radical (unpaired) electrons. The second kappa shape index (κ2) is 7.44. The molecule has 0 aromatic heterocycles. The number of rotatable bonds is 5. The molecule has 3 rings (SSSR count). The van der Waals surface area contributed by atoms with Gasteiger partial charge in [-0.15, -0.1) is 0 Å². The molecule has 1 saturated carbocycles. The van der Waals surface area contributed by atoms with Crippen molar-refractivity contribution >= 4 is 17.9 Å². The Morgan fingerprint density at radius 1 is 0.913 bits per heavy atom. The van der Waals surface area contributed by atoms with Crippen molar-refractivity contribution < 1.29 is 9.67 Å². The Morgan fingerprint density at radius 3 is 1.96 bits per heavy atom. The number of hydrogen-bond donors (Lipinski definition) is 2. The van der Waals surface area contributed by atoms with E-state index < -0.39 is 7.29 Å². The van der Waals surface area contributed by atoms with Crippen molar-refractivity contribution in [3.8, 4) is 0 Å². The Balaban J connectivity index is 1.98. The van der Waals surface area contributed by atoms with E-state index in [1.165, 1.54) is 0 Å². The van der Waals surface area contributed by atoms with Gasteiger partial charge in [0.25, 0.3) is 0 Å². The van der Waals surface area contributed by atoms with Crippen molar-refractivity contribution in [2.75, 3.05) is 6.61 Å². The number of benzene rings is 2. The molecule has 0 heterocycles. The zero-order valence-corrected chi connectivity index (χ0v) is 14.2. The zero-order chi connectivity index (χ0) is 16.1. The van der Waals surface area contributed by atoms with Crippen LogP contribution in [0.1, 0.15) is 25.7 Å². The highest BCUT2D eigenvalue weighted by Gasteiger charge is 2.34. The average molecular weight is 329 g/mol. The molecular weight excluding hydrogens is 305 g/mol. The van der Waals surface area contributed by atoms with E-state index in [0.29, 0.717) is 0 Å². The maximum absolute atomic E-state index is 14.0. The van der Waals surface area contributed by atoms with E-state index in [9.17, 15) is 9.67 Å². The average Bonchev–Trinajstić information content (AvgIpc) is 2.63. The van der Waals surface area contributed by atoms with Crippen LogP contribution in [-0.4, -0.2) is 17.8 Å². The van der Waals surface area contributed by atoms with Gasteiger partial charge >= 0.3 is 0 Å². The minimum absolute atomic E-state index is 0.0972. The van der Waals surface area contributed by atoms with E-state index >= 15 is 0 Å². The topological polar surface area (TPSA) is 49.3 Å². The largest absolute Gasteiger partial charge is 0.396 e. The second-order valence-corrected chi connectivity index (χ2v) is 8.75. The minimum atomic E-state index is -2.90. The van der Waals surface area contributed by atoms with Crippen LogP contribution >= 0.6 is 7.29 Å². The van der Waals surface area contributed by atoms with Crippen molar-refractivity contribution in [3.05, 3.63) is 60.7 Å². The van der Waals surface area contributed by atoms with Crippen LogP contribution in [0.15, 0.2) is 60.7 Å². The van der Waals surface area contributed by atoms with Crippen molar-refractivity contribution in [2.45, 2.75) is 31.7 Å². The van der Waals surface area contributed by atoms with Crippen molar-refractivity contribution in [1.29, 1.82) is 0 Å². The van der Waals surface area contributed by atoms with Gasteiger partial charge in [-0.2, -0.15) is 0 Å². The molecule has 1 aliphatic carbocycles. The van der Waals surface area contributed by atoms with Crippen LogP contribution in [0.25, 0.3) is 0 Å². The third-order valence-corrected chi connectivity index (χ3v) is 7.48. The number of nitrogens with one attached hydrogen (secondary N) is 1. The summed E-state index contributed by atoms with van der Waals surface area (Å²) in [4.78, 5) is 0. The SMILES string of the molecule is O=P(N[C@H]1CCCC[C@@H]1CO)(c1ccccc1)c1ccccc1. The summed E-state index contributed by atoms with van der Waals surface area (Å²) in [6.07, 6.45) is 4.23.